The maximum atomic E-state index is 12.8. The Balaban J connectivity index is 1.61. The van der Waals surface area contributed by atoms with Crippen molar-refractivity contribution in [2.75, 3.05) is 13.7 Å². The lowest BCUT2D eigenvalue weighted by Gasteiger charge is -2.16. The Bertz CT molecular complexity index is 1170. The van der Waals surface area contributed by atoms with E-state index in [9.17, 15) is 9.59 Å². The average molecular weight is 476 g/mol. The van der Waals surface area contributed by atoms with Crippen LogP contribution in [0.2, 0.25) is 0 Å². The van der Waals surface area contributed by atoms with Crippen LogP contribution >= 0.6 is 0 Å². The molecule has 0 aliphatic carbocycles. The zero-order valence-electron chi connectivity index (χ0n) is 18.9. The fourth-order valence-electron chi connectivity index (χ4n) is 2.97. The highest BCUT2D eigenvalue weighted by atomic mass is 16.5. The highest BCUT2D eigenvalue weighted by molar-refractivity contribution is 5.87. The minimum Gasteiger partial charge on any atom is -0.493 e. The second-order valence-electron chi connectivity index (χ2n) is 7.13. The van der Waals surface area contributed by atoms with Crippen molar-refractivity contribution in [1.82, 2.24) is 20.7 Å². The number of rotatable bonds is 11. The number of alkyl carbamates (subject to hydrolysis) is 1. The molecule has 1 heterocycles. The van der Waals surface area contributed by atoms with Crippen molar-refractivity contribution < 1.29 is 23.8 Å². The molecule has 0 bridgehead atoms. The van der Waals surface area contributed by atoms with E-state index in [4.69, 9.17) is 19.5 Å². The third-order valence-corrected chi connectivity index (χ3v) is 4.67. The predicted molar refractivity (Wildman–Crippen MR) is 126 cm³/mol. The normalized spacial score (nSPS) is 11.3. The summed E-state index contributed by atoms with van der Waals surface area (Å²) in [5, 5.41) is 15.2. The van der Waals surface area contributed by atoms with Gasteiger partial charge < -0.3 is 24.5 Å². The number of methoxy groups -OCH3 is 1. The number of amides is 2. The summed E-state index contributed by atoms with van der Waals surface area (Å²) in [5.74, 6) is 0.275. The molecule has 3 aromatic rings. The summed E-state index contributed by atoms with van der Waals surface area (Å²) in [5.41, 5.74) is 4.51. The number of hydrogen-bond acceptors (Lipinski definition) is 8. The number of aromatic amines is 1. The summed E-state index contributed by atoms with van der Waals surface area (Å²) in [6.45, 7) is -0.0442. The van der Waals surface area contributed by atoms with Crippen molar-refractivity contribution in [3.63, 3.8) is 0 Å². The molecular weight excluding hydrogens is 452 g/mol. The third kappa shape index (κ3) is 7.90. The number of nitrogens with zero attached hydrogens (tertiary/aromatic N) is 3. The molecule has 3 N–H and O–H groups in total. The van der Waals surface area contributed by atoms with E-state index in [0.717, 1.165) is 5.56 Å². The average Bonchev–Trinajstić information content (AvgIpc) is 3.40. The Morgan fingerprint density at radius 3 is 2.77 bits per heavy atom. The topological polar surface area (TPSA) is 151 Å². The maximum absolute atomic E-state index is 12.8. The zero-order valence-corrected chi connectivity index (χ0v) is 18.9. The fraction of sp³-hybridized carbons (Fsp3) is 0.208. The van der Waals surface area contributed by atoms with Gasteiger partial charge in [0.1, 0.15) is 18.7 Å². The molecule has 0 saturated carbocycles. The van der Waals surface area contributed by atoms with Crippen LogP contribution in [-0.2, 0) is 22.6 Å². The van der Waals surface area contributed by atoms with Crippen molar-refractivity contribution in [2.45, 2.75) is 19.1 Å². The van der Waals surface area contributed by atoms with Gasteiger partial charge in [-0.3, -0.25) is 4.79 Å². The molecule has 0 radical (unpaired) electrons. The molecule has 11 heteroatoms. The van der Waals surface area contributed by atoms with Crippen molar-refractivity contribution in [3.05, 3.63) is 77.9 Å². The number of hydrazone groups is 1. The standard InChI is InChI=1S/C24H24N6O5/c1-33-22-11-18(7-8-21(22)34-10-9-25)13-28-30-23(31)20(12-19-14-26-16-27-19)29-24(32)35-15-17-5-3-2-4-6-17/h2-8,11,13-14,16,20H,10,12,15H2,1H3,(H,26,27)(H,29,32)(H,30,31)/b28-13-/t20-/m1/s1. The van der Waals surface area contributed by atoms with Crippen LogP contribution in [0, 0.1) is 11.3 Å². The van der Waals surface area contributed by atoms with E-state index in [1.54, 1.807) is 24.4 Å². The molecule has 180 valence electrons. The van der Waals surface area contributed by atoms with E-state index >= 15 is 0 Å². The molecule has 2 amide bonds. The Kier molecular flexibility index (Phi) is 9.21. The molecule has 35 heavy (non-hydrogen) atoms. The van der Waals surface area contributed by atoms with Crippen LogP contribution in [0.4, 0.5) is 4.79 Å². The van der Waals surface area contributed by atoms with E-state index in [0.29, 0.717) is 22.8 Å². The van der Waals surface area contributed by atoms with E-state index in [1.165, 1.54) is 19.7 Å². The van der Waals surface area contributed by atoms with Crippen LogP contribution in [0.15, 0.2) is 66.2 Å². The molecule has 1 aromatic heterocycles. The van der Waals surface area contributed by atoms with E-state index in [2.05, 4.69) is 25.8 Å². The Hall–Kier alpha value is -4.85. The van der Waals surface area contributed by atoms with Gasteiger partial charge in [-0.25, -0.2) is 15.2 Å². The number of hydrogen-bond donors (Lipinski definition) is 3. The van der Waals surface area contributed by atoms with Crippen LogP contribution in [0.5, 0.6) is 11.5 Å². The van der Waals surface area contributed by atoms with Gasteiger partial charge in [0.25, 0.3) is 5.91 Å². The number of ether oxygens (including phenoxy) is 3. The van der Waals surface area contributed by atoms with Gasteiger partial charge >= 0.3 is 6.09 Å². The maximum Gasteiger partial charge on any atom is 0.408 e. The highest BCUT2D eigenvalue weighted by Crippen LogP contribution is 2.27. The Morgan fingerprint density at radius 2 is 2.06 bits per heavy atom. The first-order valence-corrected chi connectivity index (χ1v) is 10.5. The van der Waals surface area contributed by atoms with Crippen LogP contribution in [0.25, 0.3) is 0 Å². The molecule has 0 aliphatic heterocycles. The number of benzene rings is 2. The Morgan fingerprint density at radius 1 is 1.23 bits per heavy atom. The first-order chi connectivity index (χ1) is 17.1. The summed E-state index contributed by atoms with van der Waals surface area (Å²) >= 11 is 0. The molecule has 3 rings (SSSR count). The van der Waals surface area contributed by atoms with E-state index in [1.807, 2.05) is 36.4 Å². The monoisotopic (exact) mass is 476 g/mol. The number of carbonyl (C=O) groups is 2. The first-order valence-electron chi connectivity index (χ1n) is 10.5. The molecule has 1 atom stereocenters. The molecule has 0 aliphatic rings. The SMILES string of the molecule is COc1cc(/C=N\NC(=O)[C@@H](Cc2cnc[nH]2)NC(=O)OCc2ccccc2)ccc1OCC#N. The molecule has 0 unspecified atom stereocenters. The van der Waals surface area contributed by atoms with Gasteiger partial charge in [0, 0.05) is 18.3 Å². The zero-order chi connectivity index (χ0) is 24.9. The number of H-pyrrole nitrogens is 1. The van der Waals surface area contributed by atoms with Crippen LogP contribution in [0.3, 0.4) is 0 Å². The second kappa shape index (κ2) is 13.0. The van der Waals surface area contributed by atoms with Gasteiger partial charge in [-0.2, -0.15) is 10.4 Å². The van der Waals surface area contributed by atoms with Crippen molar-refractivity contribution >= 4 is 18.2 Å². The molecule has 2 aromatic carbocycles. The van der Waals surface area contributed by atoms with Gasteiger partial charge in [-0.1, -0.05) is 30.3 Å². The smallest absolute Gasteiger partial charge is 0.408 e. The van der Waals surface area contributed by atoms with Gasteiger partial charge in [-0.05, 0) is 29.3 Å². The number of imidazole rings is 1. The summed E-state index contributed by atoms with van der Waals surface area (Å²) in [6, 6.07) is 15.1. The number of nitriles is 1. The third-order valence-electron chi connectivity index (χ3n) is 4.67. The quantitative estimate of drug-likeness (QED) is 0.284. The van der Waals surface area contributed by atoms with Gasteiger partial charge in [-0.15, -0.1) is 0 Å². The van der Waals surface area contributed by atoms with E-state index < -0.39 is 18.0 Å². The molecule has 0 fully saturated rings. The lowest BCUT2D eigenvalue weighted by Crippen LogP contribution is -2.47. The van der Waals surface area contributed by atoms with Gasteiger partial charge in [0.2, 0.25) is 0 Å². The van der Waals surface area contributed by atoms with Crippen molar-refractivity contribution in [1.29, 1.82) is 5.26 Å². The van der Waals surface area contributed by atoms with E-state index in [-0.39, 0.29) is 19.6 Å². The highest BCUT2D eigenvalue weighted by Gasteiger charge is 2.22. The van der Waals surface area contributed by atoms with Crippen LogP contribution in [-0.4, -0.2) is 47.9 Å². The molecular formula is C24H24N6O5. The summed E-state index contributed by atoms with van der Waals surface area (Å²) in [6.07, 6.45) is 3.86. The summed E-state index contributed by atoms with van der Waals surface area (Å²) in [7, 11) is 1.47. The van der Waals surface area contributed by atoms with Crippen LogP contribution in [0.1, 0.15) is 16.8 Å². The molecule has 0 saturated heterocycles. The number of carbonyl (C=O) groups excluding carboxylic acids is 2. The summed E-state index contributed by atoms with van der Waals surface area (Å²) < 4.78 is 15.8. The first kappa shape index (κ1) is 24.8. The van der Waals surface area contributed by atoms with Gasteiger partial charge in [0.05, 0.1) is 19.7 Å². The summed E-state index contributed by atoms with van der Waals surface area (Å²) in [4.78, 5) is 31.9. The lowest BCUT2D eigenvalue weighted by molar-refractivity contribution is -0.123. The van der Waals surface area contributed by atoms with Crippen molar-refractivity contribution in [3.8, 4) is 17.6 Å². The Labute approximate surface area is 201 Å². The number of nitrogens with one attached hydrogen (secondary N) is 3. The van der Waals surface area contributed by atoms with Crippen molar-refractivity contribution in [2.24, 2.45) is 5.10 Å². The lowest BCUT2D eigenvalue weighted by atomic mass is 10.1. The predicted octanol–water partition coefficient (Wildman–Crippen LogP) is 2.31. The minimum atomic E-state index is -0.966. The van der Waals surface area contributed by atoms with Crippen LogP contribution < -0.4 is 20.2 Å². The molecule has 11 nitrogen and oxygen atoms in total. The fourth-order valence-corrected chi connectivity index (χ4v) is 2.97. The minimum absolute atomic E-state index is 0.0686. The molecule has 0 spiro atoms. The largest absolute Gasteiger partial charge is 0.493 e. The number of aromatic nitrogens is 2. The van der Waals surface area contributed by atoms with Gasteiger partial charge in [0.15, 0.2) is 18.1 Å². The second-order valence-corrected chi connectivity index (χ2v) is 7.13.